The van der Waals surface area contributed by atoms with Crippen molar-refractivity contribution in [2.24, 2.45) is 0 Å². The Bertz CT molecular complexity index is 1360. The summed E-state index contributed by atoms with van der Waals surface area (Å²) in [7, 11) is 1.61. The number of nitrogens with one attached hydrogen (secondary N) is 2. The summed E-state index contributed by atoms with van der Waals surface area (Å²) in [5, 5.41) is 11.3. The number of amides is 1. The zero-order valence-corrected chi connectivity index (χ0v) is 18.9. The molecule has 0 fully saturated rings. The zero-order chi connectivity index (χ0) is 23.7. The normalized spacial score (nSPS) is 14.6. The standard InChI is InChI=1S/C26H20ClFN4O2/c1-34-21-12-4-16(5-13-21)23-14-24(17-2-8-19(28)9-3-17)32-25(31-23)22(15-29-32)26(33)30-20-10-6-18(27)7-11-20/h2-15,24,31H,1H3,(H,30,33)/t24-/m0/s1. The van der Waals surface area contributed by atoms with Crippen molar-refractivity contribution >= 4 is 34.7 Å². The molecule has 0 unspecified atom stereocenters. The molecule has 6 nitrogen and oxygen atoms in total. The minimum atomic E-state index is -0.342. The van der Waals surface area contributed by atoms with Crippen LogP contribution in [0.15, 0.2) is 85.1 Å². The van der Waals surface area contributed by atoms with Crippen molar-refractivity contribution in [3.8, 4) is 5.75 Å². The van der Waals surface area contributed by atoms with Crippen LogP contribution in [0.3, 0.4) is 0 Å². The Balaban J connectivity index is 1.54. The molecule has 1 amide bonds. The number of carbonyl (C=O) groups is 1. The molecule has 8 heteroatoms. The third-order valence-corrected chi connectivity index (χ3v) is 5.85. The van der Waals surface area contributed by atoms with E-state index in [1.165, 1.54) is 18.3 Å². The van der Waals surface area contributed by atoms with Crippen LogP contribution in [-0.2, 0) is 0 Å². The minimum absolute atomic E-state index is 0.315. The lowest BCUT2D eigenvalue weighted by Gasteiger charge is -2.26. The number of rotatable bonds is 5. The summed E-state index contributed by atoms with van der Waals surface area (Å²) >= 11 is 5.95. The quantitative estimate of drug-likeness (QED) is 0.372. The van der Waals surface area contributed by atoms with E-state index >= 15 is 0 Å². The van der Waals surface area contributed by atoms with Crippen molar-refractivity contribution in [1.82, 2.24) is 9.78 Å². The number of halogens is 2. The highest BCUT2D eigenvalue weighted by Crippen LogP contribution is 2.36. The molecule has 2 heterocycles. The molecule has 0 aliphatic carbocycles. The first-order chi connectivity index (χ1) is 16.5. The monoisotopic (exact) mass is 474 g/mol. The summed E-state index contributed by atoms with van der Waals surface area (Å²) in [5.74, 6) is 0.642. The highest BCUT2D eigenvalue weighted by molar-refractivity contribution is 6.30. The van der Waals surface area contributed by atoms with Crippen LogP contribution in [0.1, 0.15) is 27.5 Å². The van der Waals surface area contributed by atoms with Gasteiger partial charge in [0.05, 0.1) is 19.3 Å². The van der Waals surface area contributed by atoms with E-state index in [0.717, 1.165) is 22.6 Å². The molecule has 3 aromatic carbocycles. The number of methoxy groups -OCH3 is 1. The average Bonchev–Trinajstić information content (AvgIpc) is 3.30. The predicted molar refractivity (Wildman–Crippen MR) is 131 cm³/mol. The molecule has 1 aromatic heterocycles. The highest BCUT2D eigenvalue weighted by atomic mass is 35.5. The molecule has 5 rings (SSSR count). The summed E-state index contributed by atoms with van der Waals surface area (Å²) in [6, 6.07) is 20.4. The van der Waals surface area contributed by atoms with E-state index in [2.05, 4.69) is 15.7 Å². The van der Waals surface area contributed by atoms with E-state index in [9.17, 15) is 9.18 Å². The summed E-state index contributed by atoms with van der Waals surface area (Å²) in [6.07, 6.45) is 3.52. The topological polar surface area (TPSA) is 68.2 Å². The zero-order valence-electron chi connectivity index (χ0n) is 18.1. The molecule has 4 aromatic rings. The minimum Gasteiger partial charge on any atom is -0.497 e. The van der Waals surface area contributed by atoms with Crippen molar-refractivity contribution in [2.45, 2.75) is 6.04 Å². The molecule has 1 atom stereocenters. The molecular formula is C26H20ClFN4O2. The molecule has 34 heavy (non-hydrogen) atoms. The number of hydrogen-bond acceptors (Lipinski definition) is 4. The number of fused-ring (bicyclic) bond motifs is 1. The van der Waals surface area contributed by atoms with Gasteiger partial charge in [-0.2, -0.15) is 5.10 Å². The van der Waals surface area contributed by atoms with E-state index < -0.39 is 0 Å². The Morgan fingerprint density at radius 2 is 1.76 bits per heavy atom. The summed E-state index contributed by atoms with van der Waals surface area (Å²) in [4.78, 5) is 13.1. The van der Waals surface area contributed by atoms with E-state index in [1.54, 1.807) is 48.2 Å². The number of ether oxygens (including phenoxy) is 1. The summed E-state index contributed by atoms with van der Waals surface area (Å²) in [5.41, 5.74) is 3.53. The van der Waals surface area contributed by atoms with Gasteiger partial charge in [-0.1, -0.05) is 23.7 Å². The average molecular weight is 475 g/mol. The molecule has 170 valence electrons. The maximum Gasteiger partial charge on any atom is 0.261 e. The highest BCUT2D eigenvalue weighted by Gasteiger charge is 2.28. The van der Waals surface area contributed by atoms with Gasteiger partial charge in [0.2, 0.25) is 0 Å². The van der Waals surface area contributed by atoms with Crippen LogP contribution in [0.2, 0.25) is 5.02 Å². The third-order valence-electron chi connectivity index (χ3n) is 5.60. The van der Waals surface area contributed by atoms with Crippen molar-refractivity contribution in [3.63, 3.8) is 0 Å². The van der Waals surface area contributed by atoms with E-state index in [0.29, 0.717) is 22.1 Å². The van der Waals surface area contributed by atoms with Crippen molar-refractivity contribution in [1.29, 1.82) is 0 Å². The molecular weight excluding hydrogens is 455 g/mol. The number of aromatic nitrogens is 2. The second kappa shape index (κ2) is 9.03. The number of nitrogens with zero attached hydrogens (tertiary/aromatic N) is 2. The lowest BCUT2D eigenvalue weighted by Crippen LogP contribution is -2.22. The Hall–Kier alpha value is -4.10. The van der Waals surface area contributed by atoms with Gasteiger partial charge in [-0.15, -0.1) is 0 Å². The van der Waals surface area contributed by atoms with E-state index in [1.807, 2.05) is 30.3 Å². The summed E-state index contributed by atoms with van der Waals surface area (Å²) in [6.45, 7) is 0. The van der Waals surface area contributed by atoms with Gasteiger partial charge >= 0.3 is 0 Å². The van der Waals surface area contributed by atoms with Crippen LogP contribution in [0.25, 0.3) is 5.70 Å². The number of carbonyl (C=O) groups excluding carboxylic acids is 1. The van der Waals surface area contributed by atoms with E-state index in [4.69, 9.17) is 16.3 Å². The predicted octanol–water partition coefficient (Wildman–Crippen LogP) is 5.99. The molecule has 0 saturated heterocycles. The number of allylic oxidation sites excluding steroid dienone is 1. The van der Waals surface area contributed by atoms with Crippen molar-refractivity contribution < 1.29 is 13.9 Å². The van der Waals surface area contributed by atoms with Gasteiger partial charge in [-0.05, 0) is 77.9 Å². The van der Waals surface area contributed by atoms with E-state index in [-0.39, 0.29) is 17.8 Å². The second-order valence-corrected chi connectivity index (χ2v) is 8.18. The molecule has 0 saturated carbocycles. The van der Waals surface area contributed by atoms with Crippen molar-refractivity contribution in [2.75, 3.05) is 17.7 Å². The van der Waals surface area contributed by atoms with Gasteiger partial charge in [0, 0.05) is 16.4 Å². The first-order valence-corrected chi connectivity index (χ1v) is 10.9. The number of benzene rings is 3. The van der Waals surface area contributed by atoms with Gasteiger partial charge < -0.3 is 15.4 Å². The van der Waals surface area contributed by atoms with Gasteiger partial charge in [0.15, 0.2) is 0 Å². The second-order valence-electron chi connectivity index (χ2n) is 7.74. The molecule has 1 aliphatic rings. The maximum absolute atomic E-state index is 13.6. The van der Waals surface area contributed by atoms with Crippen LogP contribution in [0.5, 0.6) is 5.75 Å². The van der Waals surface area contributed by atoms with Gasteiger partial charge in [-0.3, -0.25) is 4.79 Å². The molecule has 0 spiro atoms. The van der Waals surface area contributed by atoms with Gasteiger partial charge in [-0.25, -0.2) is 9.07 Å². The van der Waals surface area contributed by atoms with Crippen LogP contribution < -0.4 is 15.4 Å². The van der Waals surface area contributed by atoms with Crippen LogP contribution in [0.4, 0.5) is 15.9 Å². The Kier molecular flexibility index (Phi) is 5.77. The Morgan fingerprint density at radius 3 is 2.44 bits per heavy atom. The summed E-state index contributed by atoms with van der Waals surface area (Å²) < 4.78 is 20.6. The fraction of sp³-hybridized carbons (Fsp3) is 0.0769. The Labute approximate surface area is 200 Å². The first kappa shape index (κ1) is 21.7. The van der Waals surface area contributed by atoms with Gasteiger partial charge in [0.1, 0.15) is 22.9 Å². The maximum atomic E-state index is 13.6. The molecule has 1 aliphatic heterocycles. The third kappa shape index (κ3) is 4.25. The van der Waals surface area contributed by atoms with Crippen LogP contribution in [0, 0.1) is 5.82 Å². The number of hydrogen-bond donors (Lipinski definition) is 2. The smallest absolute Gasteiger partial charge is 0.261 e. The fourth-order valence-corrected chi connectivity index (χ4v) is 3.96. The fourth-order valence-electron chi connectivity index (χ4n) is 3.83. The van der Waals surface area contributed by atoms with Gasteiger partial charge in [0.25, 0.3) is 5.91 Å². The molecule has 0 bridgehead atoms. The molecule has 2 N–H and O–H groups in total. The van der Waals surface area contributed by atoms with Crippen molar-refractivity contribution in [3.05, 3.63) is 113 Å². The largest absolute Gasteiger partial charge is 0.497 e. The Morgan fingerprint density at radius 1 is 1.06 bits per heavy atom. The lowest BCUT2D eigenvalue weighted by atomic mass is 10.0. The first-order valence-electron chi connectivity index (χ1n) is 10.5. The van der Waals surface area contributed by atoms with Crippen LogP contribution in [-0.4, -0.2) is 22.8 Å². The molecule has 0 radical (unpaired) electrons. The lowest BCUT2D eigenvalue weighted by molar-refractivity contribution is 0.102. The van der Waals surface area contributed by atoms with Crippen LogP contribution >= 0.6 is 11.6 Å². The number of anilines is 2. The SMILES string of the molecule is COc1ccc(C2=C[C@@H](c3ccc(F)cc3)n3ncc(C(=O)Nc4ccc(Cl)cc4)c3N2)cc1.